The number of carbonyl (C=O) groups is 2. The highest BCUT2D eigenvalue weighted by Gasteiger charge is 2.14. The van der Waals surface area contributed by atoms with Crippen LogP contribution in [0.3, 0.4) is 0 Å². The summed E-state index contributed by atoms with van der Waals surface area (Å²) in [4.78, 5) is 26.1. The Hall–Kier alpha value is -2.34. The van der Waals surface area contributed by atoms with Crippen molar-refractivity contribution in [1.29, 1.82) is 0 Å². The standard InChI is InChI=1S/C22H27BrN2O3/c1-15-12-16(2)22(17(3)13-15)24-20(26)14-25(4)21(27)10-7-11-28-19-9-6-5-8-18(19)23/h5-6,8-9,12-13H,7,10-11,14H2,1-4H3,(H,24,26). The Morgan fingerprint density at radius 2 is 1.75 bits per heavy atom. The fourth-order valence-electron chi connectivity index (χ4n) is 3.02. The summed E-state index contributed by atoms with van der Waals surface area (Å²) in [5.74, 6) is 0.477. The lowest BCUT2D eigenvalue weighted by molar-refractivity contribution is -0.133. The van der Waals surface area contributed by atoms with Crippen LogP contribution in [0.25, 0.3) is 0 Å². The number of halogens is 1. The Bertz CT molecular complexity index is 828. The van der Waals surface area contributed by atoms with Crippen LogP contribution in [0.2, 0.25) is 0 Å². The largest absolute Gasteiger partial charge is 0.492 e. The van der Waals surface area contributed by atoms with Gasteiger partial charge in [-0.2, -0.15) is 0 Å². The number of anilines is 1. The van der Waals surface area contributed by atoms with Gasteiger partial charge in [-0.05, 0) is 66.4 Å². The summed E-state index contributed by atoms with van der Waals surface area (Å²) in [6, 6.07) is 11.7. The molecule has 2 amide bonds. The number of para-hydroxylation sites is 1. The Morgan fingerprint density at radius 3 is 2.39 bits per heavy atom. The summed E-state index contributed by atoms with van der Waals surface area (Å²) in [7, 11) is 1.64. The topological polar surface area (TPSA) is 58.6 Å². The van der Waals surface area contributed by atoms with Gasteiger partial charge in [0.15, 0.2) is 0 Å². The van der Waals surface area contributed by atoms with E-state index in [1.54, 1.807) is 7.05 Å². The molecule has 0 aliphatic rings. The summed E-state index contributed by atoms with van der Waals surface area (Å²) >= 11 is 3.42. The van der Waals surface area contributed by atoms with Crippen molar-refractivity contribution >= 4 is 33.4 Å². The van der Waals surface area contributed by atoms with Gasteiger partial charge in [-0.1, -0.05) is 29.8 Å². The highest BCUT2D eigenvalue weighted by atomic mass is 79.9. The van der Waals surface area contributed by atoms with Gasteiger partial charge in [0.05, 0.1) is 17.6 Å². The number of aryl methyl sites for hydroxylation is 3. The third-order valence-corrected chi connectivity index (χ3v) is 5.03. The molecule has 2 aromatic rings. The maximum absolute atomic E-state index is 12.3. The molecular weight excluding hydrogens is 420 g/mol. The maximum atomic E-state index is 12.3. The van der Waals surface area contributed by atoms with E-state index < -0.39 is 0 Å². The first-order chi connectivity index (χ1) is 13.3. The first-order valence-corrected chi connectivity index (χ1v) is 10.1. The van der Waals surface area contributed by atoms with Gasteiger partial charge >= 0.3 is 0 Å². The SMILES string of the molecule is Cc1cc(C)c(NC(=O)CN(C)C(=O)CCCOc2ccccc2Br)c(C)c1. The molecule has 0 aromatic heterocycles. The molecule has 0 aliphatic carbocycles. The zero-order valence-electron chi connectivity index (χ0n) is 16.8. The average Bonchev–Trinajstić information content (AvgIpc) is 2.62. The molecule has 5 nitrogen and oxygen atoms in total. The molecule has 0 heterocycles. The van der Waals surface area contributed by atoms with Crippen molar-refractivity contribution in [2.75, 3.05) is 25.5 Å². The van der Waals surface area contributed by atoms with Crippen LogP contribution in [0, 0.1) is 20.8 Å². The van der Waals surface area contributed by atoms with Crippen LogP contribution < -0.4 is 10.1 Å². The third-order valence-electron chi connectivity index (χ3n) is 4.38. The van der Waals surface area contributed by atoms with Crippen LogP contribution >= 0.6 is 15.9 Å². The van der Waals surface area contributed by atoms with Crippen molar-refractivity contribution in [3.8, 4) is 5.75 Å². The molecule has 150 valence electrons. The van der Waals surface area contributed by atoms with Crippen molar-refractivity contribution in [3.05, 3.63) is 57.6 Å². The van der Waals surface area contributed by atoms with Gasteiger partial charge < -0.3 is 15.0 Å². The second kappa shape index (κ2) is 10.3. The fourth-order valence-corrected chi connectivity index (χ4v) is 3.42. The molecule has 0 unspecified atom stereocenters. The number of hydrogen-bond acceptors (Lipinski definition) is 3. The smallest absolute Gasteiger partial charge is 0.243 e. The molecule has 2 rings (SSSR count). The zero-order chi connectivity index (χ0) is 20.7. The van der Waals surface area contributed by atoms with Gasteiger partial charge in [-0.25, -0.2) is 0 Å². The molecule has 0 radical (unpaired) electrons. The molecule has 0 bridgehead atoms. The minimum atomic E-state index is -0.199. The van der Waals surface area contributed by atoms with Crippen LogP contribution in [0.15, 0.2) is 40.9 Å². The highest BCUT2D eigenvalue weighted by molar-refractivity contribution is 9.10. The predicted octanol–water partition coefficient (Wildman–Crippen LogP) is 4.63. The monoisotopic (exact) mass is 446 g/mol. The number of benzene rings is 2. The zero-order valence-corrected chi connectivity index (χ0v) is 18.4. The average molecular weight is 447 g/mol. The van der Waals surface area contributed by atoms with E-state index in [4.69, 9.17) is 4.74 Å². The van der Waals surface area contributed by atoms with E-state index in [0.29, 0.717) is 19.4 Å². The Morgan fingerprint density at radius 1 is 1.11 bits per heavy atom. The van der Waals surface area contributed by atoms with Crippen molar-refractivity contribution in [3.63, 3.8) is 0 Å². The Balaban J connectivity index is 1.77. The summed E-state index contributed by atoms with van der Waals surface area (Å²) < 4.78 is 6.55. The van der Waals surface area contributed by atoms with Crippen LogP contribution in [0.4, 0.5) is 5.69 Å². The molecule has 1 N–H and O–H groups in total. The molecule has 0 fully saturated rings. The van der Waals surface area contributed by atoms with E-state index >= 15 is 0 Å². The molecular formula is C22H27BrN2O3. The summed E-state index contributed by atoms with van der Waals surface area (Å²) in [5, 5.41) is 2.92. The third kappa shape index (κ3) is 6.37. The predicted molar refractivity (Wildman–Crippen MR) is 116 cm³/mol. The number of carbonyl (C=O) groups excluding carboxylic acids is 2. The first-order valence-electron chi connectivity index (χ1n) is 9.27. The number of likely N-dealkylation sites (N-methyl/N-ethyl adjacent to an activating group) is 1. The highest BCUT2D eigenvalue weighted by Crippen LogP contribution is 2.24. The lowest BCUT2D eigenvalue weighted by atomic mass is 10.1. The molecule has 0 spiro atoms. The molecule has 0 saturated carbocycles. The van der Waals surface area contributed by atoms with Crippen molar-refractivity contribution < 1.29 is 14.3 Å². The van der Waals surface area contributed by atoms with Crippen molar-refractivity contribution in [2.24, 2.45) is 0 Å². The van der Waals surface area contributed by atoms with E-state index in [1.165, 1.54) is 4.90 Å². The second-order valence-corrected chi connectivity index (χ2v) is 7.81. The van der Waals surface area contributed by atoms with Gasteiger partial charge in [0, 0.05) is 19.2 Å². The normalized spacial score (nSPS) is 10.5. The van der Waals surface area contributed by atoms with E-state index in [-0.39, 0.29) is 18.4 Å². The second-order valence-electron chi connectivity index (χ2n) is 6.95. The minimum absolute atomic E-state index is 0.0245. The first kappa shape index (κ1) is 22.0. The minimum Gasteiger partial charge on any atom is -0.492 e. The summed E-state index contributed by atoms with van der Waals surface area (Å²) in [5.41, 5.74) is 4.01. The summed E-state index contributed by atoms with van der Waals surface area (Å²) in [6.45, 7) is 6.43. The summed E-state index contributed by atoms with van der Waals surface area (Å²) in [6.07, 6.45) is 0.916. The van der Waals surface area contributed by atoms with Crippen LogP contribution in [0.5, 0.6) is 5.75 Å². The molecule has 0 atom stereocenters. The number of ether oxygens (including phenoxy) is 1. The molecule has 6 heteroatoms. The van der Waals surface area contributed by atoms with Crippen molar-refractivity contribution in [1.82, 2.24) is 4.90 Å². The Kier molecular flexibility index (Phi) is 8.05. The fraction of sp³-hybridized carbons (Fsp3) is 0.364. The molecule has 0 saturated heterocycles. The lowest BCUT2D eigenvalue weighted by Crippen LogP contribution is -2.35. The number of hydrogen-bond donors (Lipinski definition) is 1. The van der Waals surface area contributed by atoms with E-state index in [1.807, 2.05) is 57.2 Å². The van der Waals surface area contributed by atoms with Gasteiger partial charge in [0.2, 0.25) is 11.8 Å². The van der Waals surface area contributed by atoms with Gasteiger partial charge in [0.1, 0.15) is 5.75 Å². The lowest BCUT2D eigenvalue weighted by Gasteiger charge is -2.18. The number of nitrogens with zero attached hydrogens (tertiary/aromatic N) is 1. The molecule has 2 aromatic carbocycles. The van der Waals surface area contributed by atoms with E-state index in [9.17, 15) is 9.59 Å². The Labute approximate surface area is 175 Å². The number of rotatable bonds is 8. The molecule has 0 aliphatic heterocycles. The van der Waals surface area contributed by atoms with E-state index in [0.717, 1.165) is 32.6 Å². The van der Waals surface area contributed by atoms with E-state index in [2.05, 4.69) is 21.2 Å². The van der Waals surface area contributed by atoms with Crippen LogP contribution in [0.1, 0.15) is 29.5 Å². The van der Waals surface area contributed by atoms with Gasteiger partial charge in [0.25, 0.3) is 0 Å². The maximum Gasteiger partial charge on any atom is 0.243 e. The number of amides is 2. The van der Waals surface area contributed by atoms with Gasteiger partial charge in [-0.15, -0.1) is 0 Å². The van der Waals surface area contributed by atoms with Crippen molar-refractivity contribution in [2.45, 2.75) is 33.6 Å². The molecule has 28 heavy (non-hydrogen) atoms. The quantitative estimate of drug-likeness (QED) is 0.601. The van der Waals surface area contributed by atoms with Crippen LogP contribution in [-0.2, 0) is 9.59 Å². The van der Waals surface area contributed by atoms with Crippen LogP contribution in [-0.4, -0.2) is 36.9 Å². The van der Waals surface area contributed by atoms with Gasteiger partial charge in [-0.3, -0.25) is 9.59 Å². The number of nitrogens with one attached hydrogen (secondary N) is 1.